The molecular formula is C21H22BrN3O3. The fourth-order valence-corrected chi connectivity index (χ4v) is 3.10. The molecule has 2 aromatic carbocycles. The first-order valence-electron chi connectivity index (χ1n) is 8.88. The maximum Gasteiger partial charge on any atom is 0.171 e. The second-order valence-corrected chi connectivity index (χ2v) is 7.08. The predicted molar refractivity (Wildman–Crippen MR) is 111 cm³/mol. The van der Waals surface area contributed by atoms with Crippen LogP contribution < -0.4 is 10.1 Å². The number of nitrogens with one attached hydrogen (secondary N) is 1. The van der Waals surface area contributed by atoms with Gasteiger partial charge >= 0.3 is 0 Å². The van der Waals surface area contributed by atoms with Gasteiger partial charge in [0.2, 0.25) is 0 Å². The summed E-state index contributed by atoms with van der Waals surface area (Å²) in [5.74, 6) is 0.417. The number of hydrogen-bond acceptors (Lipinski definition) is 6. The molecule has 28 heavy (non-hydrogen) atoms. The Balaban J connectivity index is 1.54. The fraction of sp³-hybridized carbons (Fsp3) is 0.238. The monoisotopic (exact) mass is 443 g/mol. The van der Waals surface area contributed by atoms with Crippen LogP contribution in [-0.4, -0.2) is 28.3 Å². The number of anilines is 1. The van der Waals surface area contributed by atoms with Gasteiger partial charge in [0.25, 0.3) is 0 Å². The lowest BCUT2D eigenvalue weighted by Gasteiger charge is -2.18. The SMILES string of the molecule is Cc1cc(Br)ccc1NC(O)c1ncncc1OCCOCc1ccccc1. The quantitative estimate of drug-likeness (QED) is 0.380. The molecular weight excluding hydrogens is 422 g/mol. The molecule has 1 aromatic heterocycles. The summed E-state index contributed by atoms with van der Waals surface area (Å²) in [7, 11) is 0. The molecule has 0 bridgehead atoms. The van der Waals surface area contributed by atoms with Gasteiger partial charge in [-0.15, -0.1) is 0 Å². The molecule has 6 nitrogen and oxygen atoms in total. The van der Waals surface area contributed by atoms with Crippen LogP contribution in [0.15, 0.2) is 65.5 Å². The Morgan fingerprint density at radius 2 is 1.96 bits per heavy atom. The normalized spacial score (nSPS) is 11.8. The lowest BCUT2D eigenvalue weighted by molar-refractivity contribution is 0.0869. The molecule has 146 valence electrons. The van der Waals surface area contributed by atoms with Crippen molar-refractivity contribution in [3.05, 3.63) is 82.3 Å². The van der Waals surface area contributed by atoms with Crippen LogP contribution in [0.4, 0.5) is 5.69 Å². The molecule has 2 N–H and O–H groups in total. The summed E-state index contributed by atoms with van der Waals surface area (Å²) in [5, 5.41) is 13.6. The van der Waals surface area contributed by atoms with Crippen molar-refractivity contribution in [2.24, 2.45) is 0 Å². The number of aliphatic hydroxyl groups is 1. The van der Waals surface area contributed by atoms with Gasteiger partial charge in [0.1, 0.15) is 18.6 Å². The molecule has 3 aromatic rings. The van der Waals surface area contributed by atoms with Crippen molar-refractivity contribution in [3.8, 4) is 5.75 Å². The van der Waals surface area contributed by atoms with Gasteiger partial charge in [-0.25, -0.2) is 9.97 Å². The van der Waals surface area contributed by atoms with E-state index in [1.807, 2.05) is 55.5 Å². The summed E-state index contributed by atoms with van der Waals surface area (Å²) in [6, 6.07) is 15.7. The first-order chi connectivity index (χ1) is 13.6. The Morgan fingerprint density at radius 1 is 1.14 bits per heavy atom. The Bertz CT molecular complexity index is 893. The molecule has 1 unspecified atom stereocenters. The van der Waals surface area contributed by atoms with Crippen molar-refractivity contribution in [1.29, 1.82) is 0 Å². The van der Waals surface area contributed by atoms with E-state index in [1.54, 1.807) is 6.20 Å². The molecule has 0 fully saturated rings. The second-order valence-electron chi connectivity index (χ2n) is 6.16. The van der Waals surface area contributed by atoms with Gasteiger partial charge in [0.15, 0.2) is 12.0 Å². The molecule has 0 aliphatic rings. The van der Waals surface area contributed by atoms with Gasteiger partial charge in [0, 0.05) is 10.2 Å². The molecule has 0 saturated heterocycles. The minimum absolute atomic E-state index is 0.331. The Morgan fingerprint density at radius 3 is 2.75 bits per heavy atom. The summed E-state index contributed by atoms with van der Waals surface area (Å²) < 4.78 is 12.3. The summed E-state index contributed by atoms with van der Waals surface area (Å²) in [4.78, 5) is 8.16. The first-order valence-corrected chi connectivity index (χ1v) is 9.68. The molecule has 0 spiro atoms. The van der Waals surface area contributed by atoms with Crippen molar-refractivity contribution in [3.63, 3.8) is 0 Å². The summed E-state index contributed by atoms with van der Waals surface area (Å²) in [5.41, 5.74) is 3.29. The lowest BCUT2D eigenvalue weighted by atomic mass is 10.2. The van der Waals surface area contributed by atoms with Crippen LogP contribution in [0.2, 0.25) is 0 Å². The number of hydrogen-bond donors (Lipinski definition) is 2. The molecule has 0 amide bonds. The van der Waals surface area contributed by atoms with Gasteiger partial charge in [-0.05, 0) is 36.2 Å². The molecule has 3 rings (SSSR count). The lowest BCUT2D eigenvalue weighted by Crippen LogP contribution is -2.15. The van der Waals surface area contributed by atoms with Gasteiger partial charge < -0.3 is 19.9 Å². The number of aryl methyl sites for hydroxylation is 1. The Hall–Kier alpha value is -2.48. The number of nitrogens with zero attached hydrogens (tertiary/aromatic N) is 2. The zero-order chi connectivity index (χ0) is 19.8. The molecule has 0 aliphatic heterocycles. The zero-order valence-electron chi connectivity index (χ0n) is 15.5. The Kier molecular flexibility index (Phi) is 7.36. The molecule has 1 atom stereocenters. The molecule has 0 radical (unpaired) electrons. The third kappa shape index (κ3) is 5.76. The first kappa shape index (κ1) is 20.3. The highest BCUT2D eigenvalue weighted by atomic mass is 79.9. The van der Waals surface area contributed by atoms with E-state index in [1.165, 1.54) is 6.33 Å². The van der Waals surface area contributed by atoms with Crippen LogP contribution in [0.1, 0.15) is 23.0 Å². The second kappa shape index (κ2) is 10.2. The van der Waals surface area contributed by atoms with E-state index in [9.17, 15) is 5.11 Å². The van der Waals surface area contributed by atoms with E-state index in [0.29, 0.717) is 31.3 Å². The average molecular weight is 444 g/mol. The number of aromatic nitrogens is 2. The van der Waals surface area contributed by atoms with E-state index in [0.717, 1.165) is 21.3 Å². The van der Waals surface area contributed by atoms with Crippen LogP contribution in [-0.2, 0) is 11.3 Å². The predicted octanol–water partition coefficient (Wildman–Crippen LogP) is 4.25. The highest BCUT2D eigenvalue weighted by molar-refractivity contribution is 9.10. The molecule has 0 aliphatic carbocycles. The largest absolute Gasteiger partial charge is 0.487 e. The van der Waals surface area contributed by atoms with Gasteiger partial charge in [-0.1, -0.05) is 46.3 Å². The van der Waals surface area contributed by atoms with Crippen LogP contribution >= 0.6 is 15.9 Å². The van der Waals surface area contributed by atoms with Crippen LogP contribution in [0.5, 0.6) is 5.75 Å². The minimum atomic E-state index is -1.02. The summed E-state index contributed by atoms with van der Waals surface area (Å²) in [6.45, 7) is 3.23. The van der Waals surface area contributed by atoms with Crippen LogP contribution in [0, 0.1) is 6.92 Å². The highest BCUT2D eigenvalue weighted by Crippen LogP contribution is 2.26. The standard InChI is InChI=1S/C21H22BrN3O3/c1-15-11-17(22)7-8-18(15)25-21(26)20-19(12-23-14-24-20)28-10-9-27-13-16-5-3-2-4-6-16/h2-8,11-12,14,21,25-26H,9-10,13H2,1H3. The summed E-state index contributed by atoms with van der Waals surface area (Å²) in [6.07, 6.45) is 1.90. The maximum atomic E-state index is 10.6. The van der Waals surface area contributed by atoms with E-state index in [-0.39, 0.29) is 0 Å². The van der Waals surface area contributed by atoms with Crippen molar-refractivity contribution < 1.29 is 14.6 Å². The highest BCUT2D eigenvalue weighted by Gasteiger charge is 2.16. The number of halogens is 1. The van der Waals surface area contributed by atoms with Gasteiger partial charge in [0.05, 0.1) is 19.4 Å². The Labute approximate surface area is 172 Å². The van der Waals surface area contributed by atoms with Crippen molar-refractivity contribution in [2.75, 3.05) is 18.5 Å². The van der Waals surface area contributed by atoms with E-state index < -0.39 is 6.23 Å². The smallest absolute Gasteiger partial charge is 0.171 e. The van der Waals surface area contributed by atoms with Crippen molar-refractivity contribution in [1.82, 2.24) is 9.97 Å². The molecule has 7 heteroatoms. The van der Waals surface area contributed by atoms with E-state index >= 15 is 0 Å². The minimum Gasteiger partial charge on any atom is -0.487 e. The zero-order valence-corrected chi connectivity index (χ0v) is 17.1. The average Bonchev–Trinajstić information content (AvgIpc) is 2.71. The third-order valence-electron chi connectivity index (χ3n) is 4.04. The van der Waals surface area contributed by atoms with E-state index in [4.69, 9.17) is 9.47 Å². The van der Waals surface area contributed by atoms with Crippen molar-refractivity contribution >= 4 is 21.6 Å². The fourth-order valence-electron chi connectivity index (χ4n) is 2.62. The topological polar surface area (TPSA) is 76.5 Å². The van der Waals surface area contributed by atoms with Crippen molar-refractivity contribution in [2.45, 2.75) is 19.8 Å². The number of aliphatic hydroxyl groups excluding tert-OH is 1. The number of benzene rings is 2. The number of rotatable bonds is 9. The molecule has 0 saturated carbocycles. The van der Waals surface area contributed by atoms with Crippen LogP contribution in [0.25, 0.3) is 0 Å². The van der Waals surface area contributed by atoms with Gasteiger partial charge in [-0.3, -0.25) is 0 Å². The molecule has 1 heterocycles. The maximum absolute atomic E-state index is 10.6. The van der Waals surface area contributed by atoms with E-state index in [2.05, 4.69) is 31.2 Å². The van der Waals surface area contributed by atoms with Crippen LogP contribution in [0.3, 0.4) is 0 Å². The van der Waals surface area contributed by atoms with Gasteiger partial charge in [-0.2, -0.15) is 0 Å². The third-order valence-corrected chi connectivity index (χ3v) is 4.54. The number of ether oxygens (including phenoxy) is 2. The summed E-state index contributed by atoms with van der Waals surface area (Å²) >= 11 is 3.43.